The molecule has 1 N–H and O–H groups in total. The first kappa shape index (κ1) is 15.8. The van der Waals surface area contributed by atoms with Crippen molar-refractivity contribution in [3.05, 3.63) is 64.2 Å². The Bertz CT molecular complexity index is 595. The van der Waals surface area contributed by atoms with Crippen LogP contribution in [0, 0.1) is 10.1 Å². The van der Waals surface area contributed by atoms with Crippen molar-refractivity contribution in [2.24, 2.45) is 0 Å². The summed E-state index contributed by atoms with van der Waals surface area (Å²) in [6, 6.07) is 13.4. The lowest BCUT2D eigenvalue weighted by atomic mass is 10.1. The van der Waals surface area contributed by atoms with Crippen molar-refractivity contribution < 1.29 is 19.5 Å². The number of rotatable bonds is 8. The van der Waals surface area contributed by atoms with E-state index in [9.17, 15) is 10.1 Å². The zero-order valence-electron chi connectivity index (χ0n) is 12.0. The predicted octanol–water partition coefficient (Wildman–Crippen LogP) is 2.59. The van der Waals surface area contributed by atoms with Crippen LogP contribution in [0.15, 0.2) is 48.5 Å². The Morgan fingerprint density at radius 3 is 1.86 bits per heavy atom. The number of aliphatic hydroxyl groups excluding tert-OH is 1. The van der Waals surface area contributed by atoms with Crippen LogP contribution in [0.25, 0.3) is 0 Å². The van der Waals surface area contributed by atoms with E-state index in [-0.39, 0.29) is 12.3 Å². The van der Waals surface area contributed by atoms with Gasteiger partial charge < -0.3 is 14.6 Å². The van der Waals surface area contributed by atoms with Gasteiger partial charge in [0.25, 0.3) is 5.69 Å². The summed E-state index contributed by atoms with van der Waals surface area (Å²) < 4.78 is 11.0. The highest BCUT2D eigenvalue weighted by Crippen LogP contribution is 2.17. The van der Waals surface area contributed by atoms with Crippen LogP contribution in [-0.4, -0.2) is 29.9 Å². The molecule has 0 aliphatic rings. The van der Waals surface area contributed by atoms with E-state index in [1.807, 2.05) is 24.3 Å². The number of non-ortho nitro benzene ring substituents is 1. The molecule has 0 aliphatic carbocycles. The van der Waals surface area contributed by atoms with Crippen molar-refractivity contribution in [2.75, 3.05) is 19.8 Å². The number of hydrogen-bond acceptors (Lipinski definition) is 5. The summed E-state index contributed by atoms with van der Waals surface area (Å²) in [6.07, 6.45) is 0.629. The Morgan fingerprint density at radius 1 is 0.909 bits per heavy atom. The third-order valence-corrected chi connectivity index (χ3v) is 2.99. The molecule has 0 spiro atoms. The molecular weight excluding hydrogens is 286 g/mol. The Balaban J connectivity index is 1.73. The first-order valence-electron chi connectivity index (χ1n) is 6.89. The second-order valence-electron chi connectivity index (χ2n) is 4.57. The Morgan fingerprint density at radius 2 is 1.41 bits per heavy atom. The fourth-order valence-electron chi connectivity index (χ4n) is 1.86. The second kappa shape index (κ2) is 7.99. The van der Waals surface area contributed by atoms with E-state index >= 15 is 0 Å². The molecule has 2 aromatic rings. The van der Waals surface area contributed by atoms with Gasteiger partial charge in [-0.15, -0.1) is 0 Å². The maximum absolute atomic E-state index is 10.5. The number of nitro benzene ring substituents is 1. The molecule has 6 heteroatoms. The summed E-state index contributed by atoms with van der Waals surface area (Å²) in [5, 5.41) is 19.4. The predicted molar refractivity (Wildman–Crippen MR) is 81.3 cm³/mol. The molecule has 2 rings (SSSR count). The molecule has 0 amide bonds. The zero-order chi connectivity index (χ0) is 15.8. The SMILES string of the molecule is O=[N+]([O-])c1ccc(OCCOc2ccc(CCO)cc2)cc1. The van der Waals surface area contributed by atoms with Crippen LogP contribution in [0.4, 0.5) is 5.69 Å². The van der Waals surface area contributed by atoms with Gasteiger partial charge in [0.05, 0.1) is 4.92 Å². The highest BCUT2D eigenvalue weighted by Gasteiger charge is 2.04. The summed E-state index contributed by atoms with van der Waals surface area (Å²) in [6.45, 7) is 0.843. The minimum Gasteiger partial charge on any atom is -0.490 e. The molecule has 0 radical (unpaired) electrons. The average Bonchev–Trinajstić information content (AvgIpc) is 2.54. The number of benzene rings is 2. The minimum atomic E-state index is -0.451. The molecule has 0 atom stereocenters. The standard InChI is InChI=1S/C16H17NO5/c18-10-9-13-1-5-15(6-2-13)21-11-12-22-16-7-3-14(4-8-16)17(19)20/h1-8,18H,9-12H2. The van der Waals surface area contributed by atoms with E-state index in [1.165, 1.54) is 12.1 Å². The topological polar surface area (TPSA) is 81.8 Å². The number of nitro groups is 1. The lowest BCUT2D eigenvalue weighted by Gasteiger charge is -2.08. The van der Waals surface area contributed by atoms with Crippen LogP contribution in [0.3, 0.4) is 0 Å². The van der Waals surface area contributed by atoms with Crippen molar-refractivity contribution in [1.82, 2.24) is 0 Å². The molecule has 0 aliphatic heterocycles. The van der Waals surface area contributed by atoms with E-state index in [4.69, 9.17) is 14.6 Å². The molecular formula is C16H17NO5. The molecule has 0 fully saturated rings. The van der Waals surface area contributed by atoms with Crippen molar-refractivity contribution in [2.45, 2.75) is 6.42 Å². The summed E-state index contributed by atoms with van der Waals surface area (Å²) >= 11 is 0. The van der Waals surface area contributed by atoms with Gasteiger partial charge in [-0.2, -0.15) is 0 Å². The van der Waals surface area contributed by atoms with E-state index in [0.29, 0.717) is 25.4 Å². The quantitative estimate of drug-likeness (QED) is 0.460. The lowest BCUT2D eigenvalue weighted by molar-refractivity contribution is -0.384. The van der Waals surface area contributed by atoms with Crippen LogP contribution in [0.2, 0.25) is 0 Å². The maximum Gasteiger partial charge on any atom is 0.269 e. The number of aliphatic hydroxyl groups is 1. The Hall–Kier alpha value is -2.60. The lowest BCUT2D eigenvalue weighted by Crippen LogP contribution is -2.09. The van der Waals surface area contributed by atoms with Gasteiger partial charge >= 0.3 is 0 Å². The molecule has 0 unspecified atom stereocenters. The fourth-order valence-corrected chi connectivity index (χ4v) is 1.86. The normalized spacial score (nSPS) is 10.2. The van der Waals surface area contributed by atoms with Crippen molar-refractivity contribution in [3.63, 3.8) is 0 Å². The number of nitrogens with zero attached hydrogens (tertiary/aromatic N) is 1. The Labute approximate surface area is 128 Å². The monoisotopic (exact) mass is 303 g/mol. The summed E-state index contributed by atoms with van der Waals surface area (Å²) in [4.78, 5) is 10.1. The first-order chi connectivity index (χ1) is 10.7. The molecule has 116 valence electrons. The van der Waals surface area contributed by atoms with Crippen LogP contribution in [0.5, 0.6) is 11.5 Å². The van der Waals surface area contributed by atoms with Gasteiger partial charge in [0, 0.05) is 18.7 Å². The second-order valence-corrected chi connectivity index (χ2v) is 4.57. The van der Waals surface area contributed by atoms with Gasteiger partial charge in [0.1, 0.15) is 24.7 Å². The molecule has 0 aromatic heterocycles. The summed E-state index contributed by atoms with van der Waals surface area (Å²) in [7, 11) is 0. The Kier molecular flexibility index (Phi) is 5.73. The van der Waals surface area contributed by atoms with Crippen LogP contribution >= 0.6 is 0 Å². The van der Waals surface area contributed by atoms with Crippen molar-refractivity contribution in [1.29, 1.82) is 0 Å². The average molecular weight is 303 g/mol. The first-order valence-corrected chi connectivity index (χ1v) is 6.89. The number of hydrogen-bond donors (Lipinski definition) is 1. The van der Waals surface area contributed by atoms with Crippen LogP contribution < -0.4 is 9.47 Å². The smallest absolute Gasteiger partial charge is 0.269 e. The van der Waals surface area contributed by atoms with Gasteiger partial charge in [-0.05, 0) is 36.2 Å². The fraction of sp³-hybridized carbons (Fsp3) is 0.250. The molecule has 0 saturated carbocycles. The molecule has 2 aromatic carbocycles. The molecule has 0 saturated heterocycles. The zero-order valence-corrected chi connectivity index (χ0v) is 12.0. The van der Waals surface area contributed by atoms with E-state index in [2.05, 4.69) is 0 Å². The third kappa shape index (κ3) is 4.75. The van der Waals surface area contributed by atoms with Gasteiger partial charge in [-0.1, -0.05) is 12.1 Å². The van der Waals surface area contributed by atoms with Crippen molar-refractivity contribution >= 4 is 5.69 Å². The molecule has 22 heavy (non-hydrogen) atoms. The van der Waals surface area contributed by atoms with Gasteiger partial charge in [-0.3, -0.25) is 10.1 Å². The highest BCUT2D eigenvalue weighted by molar-refractivity contribution is 5.36. The van der Waals surface area contributed by atoms with Gasteiger partial charge in [0.15, 0.2) is 0 Å². The van der Waals surface area contributed by atoms with Crippen molar-refractivity contribution in [3.8, 4) is 11.5 Å². The van der Waals surface area contributed by atoms with Gasteiger partial charge in [0.2, 0.25) is 0 Å². The summed E-state index contributed by atoms with van der Waals surface area (Å²) in [5.41, 5.74) is 1.09. The van der Waals surface area contributed by atoms with E-state index < -0.39 is 4.92 Å². The number of ether oxygens (including phenoxy) is 2. The van der Waals surface area contributed by atoms with Gasteiger partial charge in [-0.25, -0.2) is 0 Å². The third-order valence-electron chi connectivity index (χ3n) is 2.99. The molecule has 0 heterocycles. The van der Waals surface area contributed by atoms with E-state index in [0.717, 1.165) is 11.3 Å². The van der Waals surface area contributed by atoms with Crippen LogP contribution in [-0.2, 0) is 6.42 Å². The largest absolute Gasteiger partial charge is 0.490 e. The van der Waals surface area contributed by atoms with Crippen LogP contribution in [0.1, 0.15) is 5.56 Å². The van der Waals surface area contributed by atoms with E-state index in [1.54, 1.807) is 12.1 Å². The molecule has 6 nitrogen and oxygen atoms in total. The summed E-state index contributed by atoms with van der Waals surface area (Å²) in [5.74, 6) is 1.29. The molecule has 0 bridgehead atoms. The minimum absolute atomic E-state index is 0.0339. The maximum atomic E-state index is 10.5. The highest BCUT2D eigenvalue weighted by atomic mass is 16.6.